The second-order valence-corrected chi connectivity index (χ2v) is 9.85. The molecule has 180 valence electrons. The van der Waals surface area contributed by atoms with E-state index in [2.05, 4.69) is 5.32 Å². The van der Waals surface area contributed by atoms with Crippen molar-refractivity contribution in [3.8, 4) is 5.75 Å². The fourth-order valence-corrected chi connectivity index (χ4v) is 3.35. The van der Waals surface area contributed by atoms with Gasteiger partial charge in [0.25, 0.3) is 0 Å². The summed E-state index contributed by atoms with van der Waals surface area (Å²) < 4.78 is 37.5. The number of esters is 1. The Morgan fingerprint density at radius 2 is 1.55 bits per heavy atom. The predicted octanol–water partition coefficient (Wildman–Crippen LogP) is 4.65. The minimum atomic E-state index is -3.69. The van der Waals surface area contributed by atoms with Gasteiger partial charge in [-0.15, -0.1) is 0 Å². The first-order valence-electron chi connectivity index (χ1n) is 10.2. The Bertz CT molecular complexity index is 949. The van der Waals surface area contributed by atoms with E-state index < -0.39 is 31.5 Å². The van der Waals surface area contributed by atoms with Crippen LogP contribution in [-0.4, -0.2) is 37.9 Å². The molecule has 0 saturated heterocycles. The lowest BCUT2D eigenvalue weighted by Crippen LogP contribution is -2.45. The standard InChI is InChI=1S/C23H30NO8P/c1-23(2,3)31-22(26)24-20(21(25)30-16-18-9-7-6-8-10-18)15-17-11-13-19(14-12-17)32-33(27,28-4)29-5/h6-14,20H,15-16H2,1-5H3,(H,24,26)/t20-/m0/s1. The zero-order chi connectivity index (χ0) is 24.5. The van der Waals surface area contributed by atoms with Crippen LogP contribution >= 0.6 is 7.82 Å². The molecule has 0 aliphatic carbocycles. The number of alkyl carbamates (subject to hydrolysis) is 1. The molecule has 0 radical (unpaired) electrons. The number of hydrogen-bond donors (Lipinski definition) is 1. The van der Waals surface area contributed by atoms with Gasteiger partial charge in [-0.3, -0.25) is 9.05 Å². The molecule has 1 amide bonds. The molecular formula is C23H30NO8P. The largest absolute Gasteiger partial charge is 0.529 e. The van der Waals surface area contributed by atoms with Crippen molar-refractivity contribution >= 4 is 19.9 Å². The van der Waals surface area contributed by atoms with E-state index in [1.54, 1.807) is 45.0 Å². The third-order valence-corrected chi connectivity index (χ3v) is 5.56. The molecule has 2 aromatic carbocycles. The molecule has 9 nitrogen and oxygen atoms in total. The number of phosphoric acid groups is 1. The van der Waals surface area contributed by atoms with E-state index in [9.17, 15) is 14.2 Å². The maximum absolute atomic E-state index is 12.8. The molecule has 1 N–H and O–H groups in total. The summed E-state index contributed by atoms with van der Waals surface area (Å²) >= 11 is 0. The molecule has 0 saturated carbocycles. The Hall–Kier alpha value is -2.87. The quantitative estimate of drug-likeness (QED) is 0.388. The lowest BCUT2D eigenvalue weighted by molar-refractivity contribution is -0.147. The van der Waals surface area contributed by atoms with Crippen molar-refractivity contribution in [3.63, 3.8) is 0 Å². The van der Waals surface area contributed by atoms with Gasteiger partial charge in [0.1, 0.15) is 24.0 Å². The van der Waals surface area contributed by atoms with Crippen molar-refractivity contribution in [2.45, 2.75) is 45.4 Å². The molecule has 10 heteroatoms. The maximum atomic E-state index is 12.8. The fraction of sp³-hybridized carbons (Fsp3) is 0.391. The molecule has 0 fully saturated rings. The van der Waals surface area contributed by atoms with E-state index in [1.807, 2.05) is 30.3 Å². The first-order chi connectivity index (χ1) is 15.5. The van der Waals surface area contributed by atoms with Gasteiger partial charge in [0.05, 0.1) is 0 Å². The van der Waals surface area contributed by atoms with Gasteiger partial charge in [0.2, 0.25) is 0 Å². The summed E-state index contributed by atoms with van der Waals surface area (Å²) in [5.41, 5.74) is 0.798. The predicted molar refractivity (Wildman–Crippen MR) is 122 cm³/mol. The smallest absolute Gasteiger partial charge is 0.459 e. The van der Waals surface area contributed by atoms with Crippen LogP contribution in [0, 0.1) is 0 Å². The Kier molecular flexibility index (Phi) is 9.46. The molecule has 1 atom stereocenters. The Balaban J connectivity index is 2.10. The van der Waals surface area contributed by atoms with Gasteiger partial charge < -0.3 is 19.3 Å². The first-order valence-corrected chi connectivity index (χ1v) is 11.7. The number of rotatable bonds is 10. The molecular weight excluding hydrogens is 449 g/mol. The van der Waals surface area contributed by atoms with Crippen LogP contribution < -0.4 is 9.84 Å². The number of nitrogens with one attached hydrogen (secondary N) is 1. The van der Waals surface area contributed by atoms with Gasteiger partial charge in [-0.2, -0.15) is 0 Å². The minimum absolute atomic E-state index is 0.0717. The zero-order valence-electron chi connectivity index (χ0n) is 19.4. The average Bonchev–Trinajstić information content (AvgIpc) is 2.77. The van der Waals surface area contributed by atoms with Crippen LogP contribution in [0.4, 0.5) is 4.79 Å². The number of ether oxygens (including phenoxy) is 2. The molecule has 0 aliphatic rings. The topological polar surface area (TPSA) is 109 Å². The van der Waals surface area contributed by atoms with Crippen molar-refractivity contribution in [1.82, 2.24) is 5.32 Å². The summed E-state index contributed by atoms with van der Waals surface area (Å²) in [6, 6.07) is 14.7. The van der Waals surface area contributed by atoms with E-state index >= 15 is 0 Å². The van der Waals surface area contributed by atoms with E-state index in [0.29, 0.717) is 5.56 Å². The molecule has 2 aromatic rings. The molecule has 0 aromatic heterocycles. The molecule has 0 unspecified atom stereocenters. The van der Waals surface area contributed by atoms with Crippen LogP contribution in [0.2, 0.25) is 0 Å². The van der Waals surface area contributed by atoms with Gasteiger partial charge in [0.15, 0.2) is 0 Å². The first kappa shape index (κ1) is 26.4. The minimum Gasteiger partial charge on any atom is -0.459 e. The Labute approximate surface area is 193 Å². The van der Waals surface area contributed by atoms with Crippen LogP contribution in [0.1, 0.15) is 31.9 Å². The highest BCUT2D eigenvalue weighted by Gasteiger charge is 2.27. The third kappa shape index (κ3) is 9.26. The second kappa shape index (κ2) is 11.8. The van der Waals surface area contributed by atoms with E-state index in [-0.39, 0.29) is 18.8 Å². The number of phosphoric ester groups is 1. The molecule has 0 bridgehead atoms. The van der Waals surface area contributed by atoms with Crippen molar-refractivity contribution in [3.05, 3.63) is 65.7 Å². The Morgan fingerprint density at radius 1 is 0.939 bits per heavy atom. The summed E-state index contributed by atoms with van der Waals surface area (Å²) in [5, 5.41) is 2.58. The van der Waals surface area contributed by atoms with Crippen LogP contribution in [-0.2, 0) is 40.9 Å². The van der Waals surface area contributed by atoms with Crippen LogP contribution in [0.5, 0.6) is 5.75 Å². The van der Waals surface area contributed by atoms with E-state index in [1.165, 1.54) is 14.2 Å². The number of amides is 1. The summed E-state index contributed by atoms with van der Waals surface area (Å²) in [6.45, 7) is 5.26. The van der Waals surface area contributed by atoms with E-state index in [4.69, 9.17) is 23.0 Å². The SMILES string of the molecule is COP(=O)(OC)Oc1ccc(C[C@H](NC(=O)OC(C)(C)C)C(=O)OCc2ccccc2)cc1. The fourth-order valence-electron chi connectivity index (χ4n) is 2.67. The number of carbonyl (C=O) groups is 2. The van der Waals surface area contributed by atoms with Crippen LogP contribution in [0.25, 0.3) is 0 Å². The molecule has 0 heterocycles. The lowest BCUT2D eigenvalue weighted by atomic mass is 10.1. The summed E-state index contributed by atoms with van der Waals surface area (Å²) in [7, 11) is -1.26. The normalized spacial score (nSPS) is 12.5. The Morgan fingerprint density at radius 3 is 2.09 bits per heavy atom. The molecule has 33 heavy (non-hydrogen) atoms. The third-order valence-electron chi connectivity index (χ3n) is 4.23. The zero-order valence-corrected chi connectivity index (χ0v) is 20.3. The highest BCUT2D eigenvalue weighted by Crippen LogP contribution is 2.47. The van der Waals surface area contributed by atoms with Gasteiger partial charge in [0, 0.05) is 20.6 Å². The molecule has 2 rings (SSSR count). The van der Waals surface area contributed by atoms with Crippen molar-refractivity contribution < 1.29 is 37.2 Å². The van der Waals surface area contributed by atoms with Gasteiger partial charge in [-0.1, -0.05) is 42.5 Å². The van der Waals surface area contributed by atoms with Crippen LogP contribution in [0.3, 0.4) is 0 Å². The highest BCUT2D eigenvalue weighted by molar-refractivity contribution is 7.48. The number of benzene rings is 2. The number of carbonyl (C=O) groups excluding carboxylic acids is 2. The molecule has 0 spiro atoms. The maximum Gasteiger partial charge on any atom is 0.529 e. The van der Waals surface area contributed by atoms with E-state index in [0.717, 1.165) is 5.56 Å². The molecule has 0 aliphatic heterocycles. The van der Waals surface area contributed by atoms with Gasteiger partial charge >= 0.3 is 19.9 Å². The highest BCUT2D eigenvalue weighted by atomic mass is 31.2. The summed E-state index contributed by atoms with van der Waals surface area (Å²) in [6.07, 6.45) is -0.593. The second-order valence-electron chi connectivity index (χ2n) is 8.04. The number of hydrogen-bond acceptors (Lipinski definition) is 8. The average molecular weight is 479 g/mol. The van der Waals surface area contributed by atoms with Gasteiger partial charge in [-0.05, 0) is 44.0 Å². The van der Waals surface area contributed by atoms with Gasteiger partial charge in [-0.25, -0.2) is 14.2 Å². The van der Waals surface area contributed by atoms with Crippen molar-refractivity contribution in [2.24, 2.45) is 0 Å². The summed E-state index contributed by atoms with van der Waals surface area (Å²) in [4.78, 5) is 25.1. The lowest BCUT2D eigenvalue weighted by Gasteiger charge is -2.23. The van der Waals surface area contributed by atoms with Crippen molar-refractivity contribution in [1.29, 1.82) is 0 Å². The van der Waals surface area contributed by atoms with Crippen LogP contribution in [0.15, 0.2) is 54.6 Å². The van der Waals surface area contributed by atoms with Crippen molar-refractivity contribution in [2.75, 3.05) is 14.2 Å². The monoisotopic (exact) mass is 479 g/mol. The summed E-state index contributed by atoms with van der Waals surface area (Å²) in [5.74, 6) is -0.345.